The first kappa shape index (κ1) is 23.3. The second-order valence-electron chi connectivity index (χ2n) is 9.20. The van der Waals surface area contributed by atoms with E-state index in [0.717, 1.165) is 38.3 Å². The van der Waals surface area contributed by atoms with E-state index in [1.807, 2.05) is 29.3 Å². The zero-order valence-electron chi connectivity index (χ0n) is 18.6. The van der Waals surface area contributed by atoms with Gasteiger partial charge in [-0.1, -0.05) is 11.6 Å². The van der Waals surface area contributed by atoms with Crippen LogP contribution >= 0.6 is 11.6 Å². The van der Waals surface area contributed by atoms with E-state index in [2.05, 4.69) is 21.4 Å². The minimum absolute atomic E-state index is 0.0154. The fraction of sp³-hybridized carbons (Fsp3) is 0.458. The van der Waals surface area contributed by atoms with Crippen LogP contribution < -0.4 is 31.1 Å². The largest absolute Gasteiger partial charge is 0.489 e. The molecule has 10 heteroatoms. The first-order valence-corrected chi connectivity index (χ1v) is 12.0. The molecule has 2 aromatic carbocycles. The SMILES string of the molecule is O=C(NC1CC(NC(O)COc2ccc(Cl)c(F)c2)C2CC1C2)c1ccc(N2CNCN2)cc1. The predicted octanol–water partition coefficient (Wildman–Crippen LogP) is 2.19. The van der Waals surface area contributed by atoms with Gasteiger partial charge in [-0.3, -0.25) is 20.4 Å². The summed E-state index contributed by atoms with van der Waals surface area (Å²) in [5, 5.41) is 22.1. The molecule has 1 aliphatic heterocycles. The molecule has 3 saturated carbocycles. The molecule has 4 aliphatic rings. The summed E-state index contributed by atoms with van der Waals surface area (Å²) in [6.45, 7) is 1.43. The molecule has 8 nitrogen and oxygen atoms in total. The number of anilines is 1. The van der Waals surface area contributed by atoms with Crippen LogP contribution in [0.25, 0.3) is 0 Å². The average molecular weight is 490 g/mol. The van der Waals surface area contributed by atoms with Crippen molar-refractivity contribution in [2.75, 3.05) is 25.0 Å². The molecule has 1 heterocycles. The van der Waals surface area contributed by atoms with Gasteiger partial charge in [-0.2, -0.15) is 0 Å². The Morgan fingerprint density at radius 2 is 1.94 bits per heavy atom. The third kappa shape index (κ3) is 5.13. The van der Waals surface area contributed by atoms with Crippen molar-refractivity contribution in [3.05, 3.63) is 58.9 Å². The number of amides is 1. The number of hydrazine groups is 1. The number of fused-ring (bicyclic) bond motifs is 2. The molecule has 0 spiro atoms. The molecule has 0 aromatic heterocycles. The Labute approximate surface area is 202 Å². The number of carbonyl (C=O) groups is 1. The number of rotatable bonds is 8. The maximum atomic E-state index is 13.6. The van der Waals surface area contributed by atoms with Crippen molar-refractivity contribution in [3.63, 3.8) is 0 Å². The normalized spacial score (nSPS) is 26.6. The highest BCUT2D eigenvalue weighted by molar-refractivity contribution is 6.30. The molecule has 2 aromatic rings. The van der Waals surface area contributed by atoms with E-state index < -0.39 is 12.0 Å². The first-order chi connectivity index (χ1) is 16.5. The summed E-state index contributed by atoms with van der Waals surface area (Å²) in [5.74, 6) is 0.607. The minimum atomic E-state index is -0.904. The molecule has 0 radical (unpaired) electrons. The van der Waals surface area contributed by atoms with Crippen molar-refractivity contribution in [1.29, 1.82) is 0 Å². The molecular formula is C24H29ClFN5O3. The van der Waals surface area contributed by atoms with E-state index in [1.165, 1.54) is 12.1 Å². The van der Waals surface area contributed by atoms with E-state index >= 15 is 0 Å². The smallest absolute Gasteiger partial charge is 0.251 e. The van der Waals surface area contributed by atoms with Gasteiger partial charge in [0, 0.05) is 23.7 Å². The zero-order valence-corrected chi connectivity index (χ0v) is 19.4. The van der Waals surface area contributed by atoms with E-state index in [1.54, 1.807) is 6.07 Å². The van der Waals surface area contributed by atoms with Crippen molar-refractivity contribution < 1.29 is 19.0 Å². The average Bonchev–Trinajstić information content (AvgIpc) is 3.34. The van der Waals surface area contributed by atoms with Gasteiger partial charge in [0.15, 0.2) is 0 Å². The standard InChI is InChI=1S/C24H29ClFN5O3/c25-19-6-5-18(9-20(19)26)34-11-23(32)29-21-10-22(16-7-15(21)8-16)30-24(33)14-1-3-17(4-2-14)31-13-27-12-28-31/h1-6,9,15-16,21-23,27-29,32H,7-8,10-13H2,(H,30,33). The highest BCUT2D eigenvalue weighted by atomic mass is 35.5. The Morgan fingerprint density at radius 1 is 1.18 bits per heavy atom. The maximum Gasteiger partial charge on any atom is 0.251 e. The van der Waals surface area contributed by atoms with Crippen LogP contribution in [0.2, 0.25) is 5.02 Å². The van der Waals surface area contributed by atoms with E-state index in [-0.39, 0.29) is 29.6 Å². The van der Waals surface area contributed by atoms with Crippen molar-refractivity contribution in [2.24, 2.45) is 11.8 Å². The van der Waals surface area contributed by atoms with Gasteiger partial charge in [0.2, 0.25) is 0 Å². The van der Waals surface area contributed by atoms with E-state index in [0.29, 0.717) is 23.1 Å². The minimum Gasteiger partial charge on any atom is -0.489 e. The summed E-state index contributed by atoms with van der Waals surface area (Å²) in [5.41, 5.74) is 4.84. The number of nitrogens with zero attached hydrogens (tertiary/aromatic N) is 1. The van der Waals surface area contributed by atoms with Crippen molar-refractivity contribution in [3.8, 4) is 5.75 Å². The third-order valence-electron chi connectivity index (χ3n) is 6.98. The number of aliphatic hydroxyl groups is 1. The van der Waals surface area contributed by atoms with Gasteiger partial charge in [-0.25, -0.2) is 9.82 Å². The first-order valence-electron chi connectivity index (χ1n) is 11.6. The lowest BCUT2D eigenvalue weighted by atomic mass is 9.60. The zero-order chi connectivity index (χ0) is 23.7. The Kier molecular flexibility index (Phi) is 6.89. The predicted molar refractivity (Wildman–Crippen MR) is 127 cm³/mol. The van der Waals surface area contributed by atoms with Gasteiger partial charge in [0.1, 0.15) is 24.4 Å². The number of halogens is 2. The van der Waals surface area contributed by atoms with Crippen LogP contribution in [0.4, 0.5) is 10.1 Å². The molecule has 4 fully saturated rings. The van der Waals surface area contributed by atoms with E-state index in [9.17, 15) is 14.3 Å². The van der Waals surface area contributed by atoms with Gasteiger partial charge in [0.25, 0.3) is 5.91 Å². The number of ether oxygens (including phenoxy) is 1. The van der Waals surface area contributed by atoms with Crippen LogP contribution in [0.3, 0.4) is 0 Å². The summed E-state index contributed by atoms with van der Waals surface area (Å²) in [6.07, 6.45) is 1.88. The van der Waals surface area contributed by atoms with Gasteiger partial charge < -0.3 is 15.2 Å². The Morgan fingerprint density at radius 3 is 2.65 bits per heavy atom. The number of carbonyl (C=O) groups excluding carboxylic acids is 1. The molecule has 182 valence electrons. The lowest BCUT2D eigenvalue weighted by molar-refractivity contribution is -0.00474. The van der Waals surface area contributed by atoms with Crippen LogP contribution in [0.5, 0.6) is 5.75 Å². The van der Waals surface area contributed by atoms with Crippen molar-refractivity contribution in [1.82, 2.24) is 21.4 Å². The summed E-state index contributed by atoms with van der Waals surface area (Å²) in [7, 11) is 0. The number of hydrogen-bond donors (Lipinski definition) is 5. The number of benzene rings is 2. The van der Waals surface area contributed by atoms with Crippen LogP contribution in [0.1, 0.15) is 29.6 Å². The van der Waals surface area contributed by atoms with Crippen molar-refractivity contribution in [2.45, 2.75) is 37.6 Å². The topological polar surface area (TPSA) is 97.9 Å². The molecule has 3 unspecified atom stereocenters. The summed E-state index contributed by atoms with van der Waals surface area (Å²) in [4.78, 5) is 12.9. The quantitative estimate of drug-likeness (QED) is 0.363. The third-order valence-corrected chi connectivity index (χ3v) is 7.29. The van der Waals surface area contributed by atoms with Gasteiger partial charge in [-0.15, -0.1) is 0 Å². The van der Waals surface area contributed by atoms with Crippen LogP contribution in [-0.2, 0) is 0 Å². The number of nitrogens with one attached hydrogen (secondary N) is 4. The fourth-order valence-electron chi connectivity index (χ4n) is 5.04. The molecule has 2 bridgehead atoms. The molecule has 34 heavy (non-hydrogen) atoms. The van der Waals surface area contributed by atoms with Crippen LogP contribution in [0.15, 0.2) is 42.5 Å². The van der Waals surface area contributed by atoms with Gasteiger partial charge in [-0.05, 0) is 67.5 Å². The monoisotopic (exact) mass is 489 g/mol. The van der Waals surface area contributed by atoms with E-state index in [4.69, 9.17) is 16.3 Å². The van der Waals surface area contributed by atoms with Crippen LogP contribution in [0, 0.1) is 17.7 Å². The molecule has 3 aliphatic carbocycles. The lowest BCUT2D eigenvalue weighted by Crippen LogP contribution is -2.60. The molecule has 3 atom stereocenters. The number of aliphatic hydroxyl groups excluding tert-OH is 1. The lowest BCUT2D eigenvalue weighted by Gasteiger charge is -2.52. The highest BCUT2D eigenvalue weighted by Gasteiger charge is 2.46. The summed E-state index contributed by atoms with van der Waals surface area (Å²) >= 11 is 5.69. The second kappa shape index (κ2) is 10.1. The molecule has 5 N–H and O–H groups in total. The van der Waals surface area contributed by atoms with Gasteiger partial charge >= 0.3 is 0 Å². The fourth-order valence-corrected chi connectivity index (χ4v) is 5.16. The van der Waals surface area contributed by atoms with Crippen LogP contribution in [-0.4, -0.2) is 49.3 Å². The number of hydrogen-bond acceptors (Lipinski definition) is 7. The molecule has 1 saturated heterocycles. The maximum absolute atomic E-state index is 13.6. The summed E-state index contributed by atoms with van der Waals surface area (Å²) in [6, 6.07) is 11.9. The Hall–Kier alpha value is -2.43. The molecule has 6 rings (SSSR count). The second-order valence-corrected chi connectivity index (χ2v) is 9.61. The Balaban J connectivity index is 1.12. The van der Waals surface area contributed by atoms with Crippen molar-refractivity contribution >= 4 is 23.2 Å². The molecular weight excluding hydrogens is 461 g/mol. The van der Waals surface area contributed by atoms with Gasteiger partial charge in [0.05, 0.1) is 24.0 Å². The molecule has 1 amide bonds. The summed E-state index contributed by atoms with van der Waals surface area (Å²) < 4.78 is 19.1. The highest BCUT2D eigenvalue weighted by Crippen LogP contribution is 2.46. The Bertz CT molecular complexity index is 1010.